The van der Waals surface area contributed by atoms with Crippen LogP contribution in [0, 0.1) is 17.6 Å². The Bertz CT molecular complexity index is 525. The number of rotatable bonds is 2. The lowest BCUT2D eigenvalue weighted by Crippen LogP contribution is -2.39. The van der Waals surface area contributed by atoms with Gasteiger partial charge >= 0.3 is 0 Å². The minimum Gasteiger partial charge on any atom is -0.207 e. The van der Waals surface area contributed by atoms with Crippen molar-refractivity contribution >= 4 is 10.0 Å². The molecular formula is C12H15F2NO2S. The Hall–Kier alpha value is -1.01. The molecule has 0 N–H and O–H groups in total. The summed E-state index contributed by atoms with van der Waals surface area (Å²) in [5.74, 6) is -1.86. The maximum Gasteiger partial charge on any atom is 0.248 e. The Balaban J connectivity index is 2.42. The molecule has 1 atom stereocenters. The lowest BCUT2D eigenvalue weighted by molar-refractivity contribution is 0.279. The van der Waals surface area contributed by atoms with Crippen LogP contribution in [-0.2, 0) is 10.0 Å². The molecule has 18 heavy (non-hydrogen) atoms. The molecule has 0 aliphatic carbocycles. The number of nitrogens with zero attached hydrogens (tertiary/aromatic N) is 1. The van der Waals surface area contributed by atoms with E-state index in [1.165, 1.54) is 4.31 Å². The molecule has 3 nitrogen and oxygen atoms in total. The fraction of sp³-hybridized carbons (Fsp3) is 0.500. The predicted molar refractivity (Wildman–Crippen MR) is 63.5 cm³/mol. The Morgan fingerprint density at radius 1 is 1.28 bits per heavy atom. The van der Waals surface area contributed by atoms with Gasteiger partial charge in [-0.3, -0.25) is 0 Å². The average molecular weight is 275 g/mol. The van der Waals surface area contributed by atoms with Gasteiger partial charge in [0, 0.05) is 13.1 Å². The molecule has 1 heterocycles. The number of benzene rings is 1. The first-order valence-electron chi connectivity index (χ1n) is 5.87. The summed E-state index contributed by atoms with van der Waals surface area (Å²) in [6.07, 6.45) is 1.66. The zero-order valence-corrected chi connectivity index (χ0v) is 10.9. The lowest BCUT2D eigenvalue weighted by Gasteiger charge is -2.30. The number of piperidine rings is 1. The summed E-state index contributed by atoms with van der Waals surface area (Å²) in [6.45, 7) is 2.57. The summed E-state index contributed by atoms with van der Waals surface area (Å²) in [7, 11) is -4.07. The second-order valence-corrected chi connectivity index (χ2v) is 6.54. The van der Waals surface area contributed by atoms with Crippen LogP contribution in [0.15, 0.2) is 23.1 Å². The summed E-state index contributed by atoms with van der Waals surface area (Å²) < 4.78 is 52.7. The van der Waals surface area contributed by atoms with E-state index in [2.05, 4.69) is 0 Å². The number of halogens is 2. The quantitative estimate of drug-likeness (QED) is 0.831. The van der Waals surface area contributed by atoms with Gasteiger partial charge in [-0.25, -0.2) is 17.2 Å². The molecule has 0 aromatic heterocycles. The van der Waals surface area contributed by atoms with Gasteiger partial charge in [-0.2, -0.15) is 4.31 Å². The Labute approximate surface area is 105 Å². The minimum absolute atomic E-state index is 0.211. The van der Waals surface area contributed by atoms with Crippen LogP contribution in [-0.4, -0.2) is 25.8 Å². The van der Waals surface area contributed by atoms with Crippen LogP contribution in [0.4, 0.5) is 8.78 Å². The highest BCUT2D eigenvalue weighted by Crippen LogP contribution is 2.26. The molecule has 1 aromatic rings. The average Bonchev–Trinajstić information content (AvgIpc) is 2.28. The normalized spacial score (nSPS) is 22.1. The van der Waals surface area contributed by atoms with Gasteiger partial charge in [-0.05, 0) is 30.9 Å². The maximum atomic E-state index is 13.6. The third-order valence-electron chi connectivity index (χ3n) is 3.14. The van der Waals surface area contributed by atoms with E-state index in [0.717, 1.165) is 31.0 Å². The number of hydrogen-bond donors (Lipinski definition) is 0. The highest BCUT2D eigenvalue weighted by atomic mass is 32.2. The second kappa shape index (κ2) is 4.93. The van der Waals surface area contributed by atoms with E-state index in [4.69, 9.17) is 0 Å². The van der Waals surface area contributed by atoms with Crippen LogP contribution >= 0.6 is 0 Å². The molecule has 2 rings (SSSR count). The molecule has 0 spiro atoms. The van der Waals surface area contributed by atoms with Gasteiger partial charge in [0.15, 0.2) is 4.90 Å². The summed E-state index contributed by atoms with van der Waals surface area (Å²) in [4.78, 5) is -0.834. The predicted octanol–water partition coefficient (Wildman–Crippen LogP) is 2.39. The lowest BCUT2D eigenvalue weighted by atomic mass is 10.0. The van der Waals surface area contributed by atoms with Crippen molar-refractivity contribution in [1.82, 2.24) is 4.31 Å². The zero-order valence-electron chi connectivity index (χ0n) is 10.1. The summed E-state index contributed by atoms with van der Waals surface area (Å²) in [6, 6.07) is 3.08. The van der Waals surface area contributed by atoms with Crippen molar-refractivity contribution in [2.45, 2.75) is 24.7 Å². The van der Waals surface area contributed by atoms with E-state index in [0.29, 0.717) is 13.1 Å². The van der Waals surface area contributed by atoms with Gasteiger partial charge < -0.3 is 0 Å². The van der Waals surface area contributed by atoms with E-state index in [1.807, 2.05) is 6.92 Å². The fourth-order valence-electron chi connectivity index (χ4n) is 2.22. The Morgan fingerprint density at radius 2 is 1.89 bits per heavy atom. The van der Waals surface area contributed by atoms with Crippen molar-refractivity contribution in [2.24, 2.45) is 5.92 Å². The molecule has 1 fully saturated rings. The molecule has 1 aliphatic heterocycles. The monoisotopic (exact) mass is 275 g/mol. The summed E-state index contributed by atoms with van der Waals surface area (Å²) in [5, 5.41) is 0. The molecule has 0 bridgehead atoms. The smallest absolute Gasteiger partial charge is 0.207 e. The third kappa shape index (κ3) is 2.40. The fourth-order valence-corrected chi connectivity index (χ4v) is 3.93. The maximum absolute atomic E-state index is 13.6. The van der Waals surface area contributed by atoms with Crippen molar-refractivity contribution in [3.63, 3.8) is 0 Å². The first-order chi connectivity index (χ1) is 8.43. The third-order valence-corrected chi connectivity index (χ3v) is 5.05. The van der Waals surface area contributed by atoms with Gasteiger partial charge in [-0.15, -0.1) is 0 Å². The summed E-state index contributed by atoms with van der Waals surface area (Å²) in [5.41, 5.74) is 0. The van der Waals surface area contributed by atoms with Crippen molar-refractivity contribution in [1.29, 1.82) is 0 Å². The van der Waals surface area contributed by atoms with Crippen molar-refractivity contribution in [3.8, 4) is 0 Å². The van der Waals surface area contributed by atoms with Gasteiger partial charge in [0.05, 0.1) is 0 Å². The molecule has 1 aliphatic rings. The largest absolute Gasteiger partial charge is 0.248 e. The number of hydrogen-bond acceptors (Lipinski definition) is 2. The van der Waals surface area contributed by atoms with Crippen LogP contribution in [0.3, 0.4) is 0 Å². The van der Waals surface area contributed by atoms with E-state index in [9.17, 15) is 17.2 Å². The Kier molecular flexibility index (Phi) is 3.68. The topological polar surface area (TPSA) is 37.4 Å². The van der Waals surface area contributed by atoms with Crippen LogP contribution in [0.2, 0.25) is 0 Å². The standard InChI is InChI=1S/C12H15F2NO2S/c1-9-4-3-7-15(8-9)18(16,17)12-10(13)5-2-6-11(12)14/h2,5-6,9H,3-4,7-8H2,1H3. The van der Waals surface area contributed by atoms with Crippen LogP contribution < -0.4 is 0 Å². The minimum atomic E-state index is -4.07. The van der Waals surface area contributed by atoms with E-state index in [1.54, 1.807) is 0 Å². The molecule has 1 aromatic carbocycles. The zero-order chi connectivity index (χ0) is 13.3. The van der Waals surface area contributed by atoms with Gasteiger partial charge in [0.1, 0.15) is 11.6 Å². The van der Waals surface area contributed by atoms with Gasteiger partial charge in [0.2, 0.25) is 10.0 Å². The molecule has 1 saturated heterocycles. The number of sulfonamides is 1. The summed E-state index contributed by atoms with van der Waals surface area (Å²) >= 11 is 0. The van der Waals surface area contributed by atoms with E-state index < -0.39 is 26.6 Å². The highest BCUT2D eigenvalue weighted by Gasteiger charge is 2.33. The highest BCUT2D eigenvalue weighted by molar-refractivity contribution is 7.89. The van der Waals surface area contributed by atoms with Crippen molar-refractivity contribution in [3.05, 3.63) is 29.8 Å². The molecule has 6 heteroatoms. The first-order valence-corrected chi connectivity index (χ1v) is 7.31. The van der Waals surface area contributed by atoms with Gasteiger partial charge in [0.25, 0.3) is 0 Å². The molecule has 0 radical (unpaired) electrons. The van der Waals surface area contributed by atoms with E-state index in [-0.39, 0.29) is 5.92 Å². The van der Waals surface area contributed by atoms with Crippen LogP contribution in [0.1, 0.15) is 19.8 Å². The van der Waals surface area contributed by atoms with E-state index >= 15 is 0 Å². The molecule has 0 amide bonds. The second-order valence-electron chi connectivity index (χ2n) is 4.66. The molecule has 0 saturated carbocycles. The first kappa shape index (κ1) is 13.4. The Morgan fingerprint density at radius 3 is 2.44 bits per heavy atom. The molecule has 100 valence electrons. The van der Waals surface area contributed by atoms with Crippen LogP contribution in [0.5, 0.6) is 0 Å². The van der Waals surface area contributed by atoms with Crippen molar-refractivity contribution in [2.75, 3.05) is 13.1 Å². The van der Waals surface area contributed by atoms with Crippen LogP contribution in [0.25, 0.3) is 0 Å². The SMILES string of the molecule is CC1CCCN(S(=O)(=O)c2c(F)cccc2F)C1. The molecule has 1 unspecified atom stereocenters. The molecular weight excluding hydrogens is 260 g/mol. The van der Waals surface area contributed by atoms with Gasteiger partial charge in [-0.1, -0.05) is 13.0 Å². The van der Waals surface area contributed by atoms with Crippen molar-refractivity contribution < 1.29 is 17.2 Å².